The van der Waals surface area contributed by atoms with Gasteiger partial charge in [0.25, 0.3) is 5.91 Å². The number of ether oxygens (including phenoxy) is 1. The molecule has 0 saturated carbocycles. The van der Waals surface area contributed by atoms with Crippen LogP contribution < -0.4 is 5.32 Å². The van der Waals surface area contributed by atoms with Gasteiger partial charge in [-0.2, -0.15) is 0 Å². The molecule has 96 valence electrons. The zero-order chi connectivity index (χ0) is 11.8. The van der Waals surface area contributed by atoms with Gasteiger partial charge in [-0.3, -0.25) is 4.79 Å². The number of nitrogens with zero attached hydrogens (tertiary/aromatic N) is 1. The summed E-state index contributed by atoms with van der Waals surface area (Å²) < 4.78 is 5.62. The lowest BCUT2D eigenvalue weighted by Gasteiger charge is -2.30. The number of hydrogen-bond acceptors (Lipinski definition) is 3. The number of fused-ring (bicyclic) bond motifs is 1. The van der Waals surface area contributed by atoms with Crippen molar-refractivity contribution in [1.82, 2.24) is 10.2 Å². The van der Waals surface area contributed by atoms with Crippen LogP contribution in [0.5, 0.6) is 0 Å². The van der Waals surface area contributed by atoms with E-state index < -0.39 is 0 Å². The highest BCUT2D eigenvalue weighted by atomic mass is 16.5. The third-order valence-electron chi connectivity index (χ3n) is 4.67. The normalized spacial score (nSPS) is 41.6. The molecule has 0 aromatic heterocycles. The summed E-state index contributed by atoms with van der Waals surface area (Å²) in [6.45, 7) is 6.02. The number of hydrogen-bond donors (Lipinski definition) is 1. The van der Waals surface area contributed by atoms with Crippen LogP contribution in [0.2, 0.25) is 0 Å². The molecule has 3 aliphatic rings. The van der Waals surface area contributed by atoms with Gasteiger partial charge in [0.2, 0.25) is 0 Å². The lowest BCUT2D eigenvalue weighted by molar-refractivity contribution is -0.147. The third-order valence-corrected chi connectivity index (χ3v) is 4.67. The Bertz CT molecular complexity index is 302. The van der Waals surface area contributed by atoms with E-state index in [4.69, 9.17) is 4.74 Å². The van der Waals surface area contributed by atoms with Crippen molar-refractivity contribution >= 4 is 5.91 Å². The topological polar surface area (TPSA) is 41.6 Å². The van der Waals surface area contributed by atoms with Gasteiger partial charge in [-0.15, -0.1) is 0 Å². The van der Waals surface area contributed by atoms with Crippen molar-refractivity contribution in [1.29, 1.82) is 0 Å². The van der Waals surface area contributed by atoms with E-state index in [0.717, 1.165) is 45.5 Å². The highest BCUT2D eigenvalue weighted by Gasteiger charge is 2.45. The van der Waals surface area contributed by atoms with E-state index in [1.54, 1.807) is 0 Å². The van der Waals surface area contributed by atoms with Crippen LogP contribution in [0.3, 0.4) is 0 Å². The molecule has 0 spiro atoms. The number of carbonyl (C=O) groups excluding carboxylic acids is 1. The molecule has 4 heteroatoms. The molecule has 3 fully saturated rings. The summed E-state index contributed by atoms with van der Waals surface area (Å²) in [5, 5.41) is 3.42. The Morgan fingerprint density at radius 2 is 2.24 bits per heavy atom. The fourth-order valence-corrected chi connectivity index (χ4v) is 3.58. The Labute approximate surface area is 103 Å². The SMILES string of the molecule is CC1C2CNCC2CN1C(=O)C1CCCCO1. The molecule has 4 unspecified atom stereocenters. The molecule has 17 heavy (non-hydrogen) atoms. The minimum atomic E-state index is -0.155. The molecule has 3 heterocycles. The first-order valence-electron chi connectivity index (χ1n) is 6.90. The highest BCUT2D eigenvalue weighted by molar-refractivity contribution is 5.81. The van der Waals surface area contributed by atoms with E-state index in [9.17, 15) is 4.79 Å². The number of carbonyl (C=O) groups is 1. The summed E-state index contributed by atoms with van der Waals surface area (Å²) in [5.74, 6) is 1.56. The number of nitrogens with one attached hydrogen (secondary N) is 1. The van der Waals surface area contributed by atoms with Gasteiger partial charge in [0.15, 0.2) is 0 Å². The van der Waals surface area contributed by atoms with Gasteiger partial charge in [-0.05, 0) is 38.0 Å². The second-order valence-corrected chi connectivity index (χ2v) is 5.67. The van der Waals surface area contributed by atoms with Crippen LogP contribution >= 0.6 is 0 Å². The molecular weight excluding hydrogens is 216 g/mol. The number of rotatable bonds is 1. The van der Waals surface area contributed by atoms with E-state index >= 15 is 0 Å². The van der Waals surface area contributed by atoms with Crippen molar-refractivity contribution in [3.63, 3.8) is 0 Å². The monoisotopic (exact) mass is 238 g/mol. The number of amides is 1. The van der Waals surface area contributed by atoms with Crippen LogP contribution in [0.1, 0.15) is 26.2 Å². The third kappa shape index (κ3) is 1.97. The minimum Gasteiger partial charge on any atom is -0.368 e. The fourth-order valence-electron chi connectivity index (χ4n) is 3.58. The summed E-state index contributed by atoms with van der Waals surface area (Å²) in [6.07, 6.45) is 3.00. The lowest BCUT2D eigenvalue weighted by atomic mass is 9.95. The van der Waals surface area contributed by atoms with E-state index in [-0.39, 0.29) is 12.0 Å². The maximum Gasteiger partial charge on any atom is 0.251 e. The molecule has 3 aliphatic heterocycles. The smallest absolute Gasteiger partial charge is 0.251 e. The summed E-state index contributed by atoms with van der Waals surface area (Å²) >= 11 is 0. The maximum atomic E-state index is 12.4. The molecular formula is C13H22N2O2. The average molecular weight is 238 g/mol. The van der Waals surface area contributed by atoms with E-state index in [2.05, 4.69) is 17.1 Å². The molecule has 0 aromatic rings. The van der Waals surface area contributed by atoms with Gasteiger partial charge in [0.1, 0.15) is 6.10 Å². The van der Waals surface area contributed by atoms with Crippen LogP contribution in [0.4, 0.5) is 0 Å². The van der Waals surface area contributed by atoms with E-state index in [0.29, 0.717) is 17.9 Å². The van der Waals surface area contributed by atoms with Gasteiger partial charge in [-0.25, -0.2) is 0 Å². The van der Waals surface area contributed by atoms with Crippen molar-refractivity contribution < 1.29 is 9.53 Å². The Balaban J connectivity index is 1.66. The van der Waals surface area contributed by atoms with Gasteiger partial charge in [0.05, 0.1) is 0 Å². The maximum absolute atomic E-state index is 12.4. The van der Waals surface area contributed by atoms with E-state index in [1.807, 2.05) is 0 Å². The van der Waals surface area contributed by atoms with Crippen molar-refractivity contribution in [2.24, 2.45) is 11.8 Å². The Hall–Kier alpha value is -0.610. The highest BCUT2D eigenvalue weighted by Crippen LogP contribution is 2.33. The molecule has 4 atom stereocenters. The summed E-state index contributed by atoms with van der Waals surface area (Å²) in [5.41, 5.74) is 0. The molecule has 1 N–H and O–H groups in total. The van der Waals surface area contributed by atoms with E-state index in [1.165, 1.54) is 0 Å². The van der Waals surface area contributed by atoms with Crippen molar-refractivity contribution in [2.75, 3.05) is 26.2 Å². The largest absolute Gasteiger partial charge is 0.368 e. The first-order chi connectivity index (χ1) is 8.27. The zero-order valence-corrected chi connectivity index (χ0v) is 10.5. The average Bonchev–Trinajstić information content (AvgIpc) is 2.93. The predicted octanol–water partition coefficient (Wildman–Crippen LogP) is 0.622. The summed E-state index contributed by atoms with van der Waals surface area (Å²) in [4.78, 5) is 14.5. The second-order valence-electron chi connectivity index (χ2n) is 5.67. The first kappa shape index (κ1) is 11.5. The van der Waals surface area contributed by atoms with Crippen molar-refractivity contribution in [2.45, 2.75) is 38.3 Å². The zero-order valence-electron chi connectivity index (χ0n) is 10.5. The van der Waals surface area contributed by atoms with Gasteiger partial charge >= 0.3 is 0 Å². The second kappa shape index (κ2) is 4.58. The molecule has 3 rings (SSSR count). The fraction of sp³-hybridized carbons (Fsp3) is 0.923. The van der Waals surface area contributed by atoms with Crippen LogP contribution in [0, 0.1) is 11.8 Å². The number of likely N-dealkylation sites (tertiary alicyclic amines) is 1. The van der Waals surface area contributed by atoms with Gasteiger partial charge in [0, 0.05) is 32.3 Å². The quantitative estimate of drug-likeness (QED) is 0.728. The summed E-state index contributed by atoms with van der Waals surface area (Å²) in [6, 6.07) is 0.382. The van der Waals surface area contributed by atoms with Crippen LogP contribution in [-0.4, -0.2) is 49.2 Å². The molecule has 0 radical (unpaired) electrons. The van der Waals surface area contributed by atoms with Gasteiger partial charge < -0.3 is 15.0 Å². The van der Waals surface area contributed by atoms with Crippen LogP contribution in [-0.2, 0) is 9.53 Å². The van der Waals surface area contributed by atoms with Crippen LogP contribution in [0.25, 0.3) is 0 Å². The molecule has 0 aliphatic carbocycles. The first-order valence-corrected chi connectivity index (χ1v) is 6.90. The molecule has 4 nitrogen and oxygen atoms in total. The standard InChI is InChI=1S/C13H22N2O2/c1-9-11-7-14-6-10(11)8-15(9)13(16)12-4-2-3-5-17-12/h9-12,14H,2-8H2,1H3. The molecule has 1 amide bonds. The van der Waals surface area contributed by atoms with Gasteiger partial charge in [-0.1, -0.05) is 0 Å². The Kier molecular flexibility index (Phi) is 3.09. The molecule has 0 bridgehead atoms. The van der Waals surface area contributed by atoms with Crippen molar-refractivity contribution in [3.8, 4) is 0 Å². The Morgan fingerprint density at radius 1 is 1.35 bits per heavy atom. The summed E-state index contributed by atoms with van der Waals surface area (Å²) in [7, 11) is 0. The molecule has 3 saturated heterocycles. The lowest BCUT2D eigenvalue weighted by Crippen LogP contribution is -2.45. The Morgan fingerprint density at radius 3 is 2.94 bits per heavy atom. The molecule has 0 aromatic carbocycles. The minimum absolute atomic E-state index is 0.155. The predicted molar refractivity (Wildman–Crippen MR) is 64.6 cm³/mol. The van der Waals surface area contributed by atoms with Crippen LogP contribution in [0.15, 0.2) is 0 Å². The van der Waals surface area contributed by atoms with Crippen molar-refractivity contribution in [3.05, 3.63) is 0 Å².